The van der Waals surface area contributed by atoms with Gasteiger partial charge in [0.25, 0.3) is 0 Å². The van der Waals surface area contributed by atoms with Crippen LogP contribution in [0.1, 0.15) is 52.6 Å². The van der Waals surface area contributed by atoms with Gasteiger partial charge < -0.3 is 0 Å². The zero-order chi connectivity index (χ0) is 10.7. The first kappa shape index (κ1) is 13.3. The maximum absolute atomic E-state index is 2.39. The highest BCUT2D eigenvalue weighted by Gasteiger charge is 2.18. The first-order valence-corrected chi connectivity index (χ1v) is 6.29. The molecule has 0 atom stereocenters. The summed E-state index contributed by atoms with van der Waals surface area (Å²) in [6.07, 6.45) is 7.06. The van der Waals surface area contributed by atoms with Crippen LogP contribution in [0, 0.1) is 18.8 Å². The molecule has 1 aromatic rings. The third kappa shape index (κ3) is 3.66. The molecule has 1 aliphatic rings. The van der Waals surface area contributed by atoms with Crippen LogP contribution in [0.25, 0.3) is 0 Å². The second-order valence-corrected chi connectivity index (χ2v) is 5.32. The van der Waals surface area contributed by atoms with Crippen molar-refractivity contribution in [1.29, 1.82) is 0 Å². The van der Waals surface area contributed by atoms with Crippen molar-refractivity contribution < 1.29 is 1.43 Å². The summed E-state index contributed by atoms with van der Waals surface area (Å²) in [7, 11) is 0. The van der Waals surface area contributed by atoms with E-state index >= 15 is 0 Å². The van der Waals surface area contributed by atoms with Gasteiger partial charge in [-0.1, -0.05) is 57.0 Å². The Kier molecular flexibility index (Phi) is 5.05. The monoisotopic (exact) mass is 220 g/mol. The molecular weight excluding hydrogens is 192 g/mol. The van der Waals surface area contributed by atoms with E-state index in [-0.39, 0.29) is 8.85 Å². The molecule has 0 heteroatoms. The highest BCUT2D eigenvalue weighted by molar-refractivity contribution is 5.21. The predicted octanol–water partition coefficient (Wildman–Crippen LogP) is 5.25. The molecule has 0 saturated heterocycles. The normalized spacial score (nSPS) is 24.9. The average Bonchev–Trinajstić information content (AvgIpc) is 2.25. The molecule has 0 unspecified atom stereocenters. The van der Waals surface area contributed by atoms with Crippen molar-refractivity contribution in [3.05, 3.63) is 35.4 Å². The van der Waals surface area contributed by atoms with E-state index in [1.165, 1.54) is 43.2 Å². The molecule has 2 rings (SSSR count). The molecule has 0 bridgehead atoms. The minimum absolute atomic E-state index is 0. The summed E-state index contributed by atoms with van der Waals surface area (Å²) in [6.45, 7) is 4.55. The fraction of sp³-hybridized carbons (Fsp3) is 0.625. The Morgan fingerprint density at radius 2 is 1.62 bits per heavy atom. The molecule has 0 N–H and O–H groups in total. The molecule has 0 amide bonds. The van der Waals surface area contributed by atoms with Crippen molar-refractivity contribution in [1.82, 2.24) is 0 Å². The summed E-state index contributed by atoms with van der Waals surface area (Å²) >= 11 is 0. The van der Waals surface area contributed by atoms with Gasteiger partial charge in [-0.05, 0) is 43.6 Å². The van der Waals surface area contributed by atoms with Crippen LogP contribution in [0.2, 0.25) is 0 Å². The van der Waals surface area contributed by atoms with Crippen LogP contribution in [0.15, 0.2) is 24.3 Å². The SMILES string of the molecule is C.Cc1ccc(CC2CCC(C)CC2)cc1.[HH]. The smallest absolute Gasteiger partial charge is 0 e. The topological polar surface area (TPSA) is 0 Å². The second-order valence-electron chi connectivity index (χ2n) is 5.32. The molecular formula is C16H28. The minimum atomic E-state index is 0. The standard InChI is InChI=1S/C15H22.CH4.H2/c1-12-3-7-14(8-4-12)11-15-9-5-13(2)6-10-15;;/h3-4,7-8,13,15H,5-6,9-11H2,1-2H3;1H4;1H. The zero-order valence-electron chi connectivity index (χ0n) is 10.00. The molecule has 0 spiro atoms. The third-order valence-electron chi connectivity index (χ3n) is 3.78. The number of hydrogen-bond acceptors (Lipinski definition) is 0. The Morgan fingerprint density at radius 1 is 1.06 bits per heavy atom. The van der Waals surface area contributed by atoms with Crippen LogP contribution < -0.4 is 0 Å². The Balaban J connectivity index is 0.00000128. The van der Waals surface area contributed by atoms with Crippen LogP contribution in [0.3, 0.4) is 0 Å². The average molecular weight is 220 g/mol. The van der Waals surface area contributed by atoms with Gasteiger partial charge in [-0.2, -0.15) is 0 Å². The quantitative estimate of drug-likeness (QED) is 0.639. The van der Waals surface area contributed by atoms with Gasteiger partial charge in [0.2, 0.25) is 0 Å². The summed E-state index contributed by atoms with van der Waals surface area (Å²) in [4.78, 5) is 0. The molecule has 1 aliphatic carbocycles. The lowest BCUT2D eigenvalue weighted by Crippen LogP contribution is -2.14. The number of rotatable bonds is 2. The third-order valence-corrected chi connectivity index (χ3v) is 3.78. The van der Waals surface area contributed by atoms with Gasteiger partial charge in [-0.15, -0.1) is 0 Å². The van der Waals surface area contributed by atoms with E-state index in [4.69, 9.17) is 0 Å². The first-order chi connectivity index (χ1) is 7.24. The summed E-state index contributed by atoms with van der Waals surface area (Å²) in [5, 5.41) is 0. The Morgan fingerprint density at radius 3 is 2.19 bits per heavy atom. The van der Waals surface area contributed by atoms with E-state index in [1.54, 1.807) is 0 Å². The van der Waals surface area contributed by atoms with E-state index in [9.17, 15) is 0 Å². The number of benzene rings is 1. The van der Waals surface area contributed by atoms with Crippen molar-refractivity contribution in [2.45, 2.75) is 53.4 Å². The summed E-state index contributed by atoms with van der Waals surface area (Å²) in [5.74, 6) is 1.92. The molecule has 0 aromatic heterocycles. The van der Waals surface area contributed by atoms with Crippen LogP contribution in [-0.2, 0) is 6.42 Å². The van der Waals surface area contributed by atoms with Crippen LogP contribution >= 0.6 is 0 Å². The Hall–Kier alpha value is -0.780. The van der Waals surface area contributed by atoms with Gasteiger partial charge >= 0.3 is 0 Å². The lowest BCUT2D eigenvalue weighted by molar-refractivity contribution is 0.289. The van der Waals surface area contributed by atoms with Crippen molar-refractivity contribution in [3.8, 4) is 0 Å². The van der Waals surface area contributed by atoms with Crippen molar-refractivity contribution in [2.75, 3.05) is 0 Å². The highest BCUT2D eigenvalue weighted by Crippen LogP contribution is 2.30. The predicted molar refractivity (Wildman–Crippen MR) is 74.9 cm³/mol. The fourth-order valence-electron chi connectivity index (χ4n) is 2.59. The van der Waals surface area contributed by atoms with Gasteiger partial charge in [-0.25, -0.2) is 0 Å². The zero-order valence-corrected chi connectivity index (χ0v) is 10.00. The fourth-order valence-corrected chi connectivity index (χ4v) is 2.59. The molecule has 0 radical (unpaired) electrons. The largest absolute Gasteiger partial charge is 0.0776 e. The summed E-state index contributed by atoms with van der Waals surface area (Å²) in [5.41, 5.74) is 2.90. The molecule has 0 heterocycles. The van der Waals surface area contributed by atoms with Gasteiger partial charge in [0, 0.05) is 1.43 Å². The number of aryl methyl sites for hydroxylation is 1. The molecule has 1 saturated carbocycles. The highest BCUT2D eigenvalue weighted by atomic mass is 14.2. The first-order valence-electron chi connectivity index (χ1n) is 6.29. The number of hydrogen-bond donors (Lipinski definition) is 0. The Bertz CT molecular complexity index is 294. The maximum Gasteiger partial charge on any atom is 0 e. The van der Waals surface area contributed by atoms with Crippen LogP contribution in [0.4, 0.5) is 0 Å². The van der Waals surface area contributed by atoms with E-state index in [0.29, 0.717) is 0 Å². The lowest BCUT2D eigenvalue weighted by Gasteiger charge is -2.26. The van der Waals surface area contributed by atoms with E-state index < -0.39 is 0 Å². The molecule has 1 aromatic carbocycles. The van der Waals surface area contributed by atoms with E-state index in [0.717, 1.165) is 11.8 Å². The van der Waals surface area contributed by atoms with Crippen molar-refractivity contribution in [2.24, 2.45) is 11.8 Å². The van der Waals surface area contributed by atoms with Gasteiger partial charge in [0.05, 0.1) is 0 Å². The Labute approximate surface area is 103 Å². The van der Waals surface area contributed by atoms with Gasteiger partial charge in [0.15, 0.2) is 0 Å². The van der Waals surface area contributed by atoms with Crippen LogP contribution in [0.5, 0.6) is 0 Å². The van der Waals surface area contributed by atoms with Crippen molar-refractivity contribution in [3.63, 3.8) is 0 Å². The maximum atomic E-state index is 2.39. The van der Waals surface area contributed by atoms with Gasteiger partial charge in [-0.3, -0.25) is 0 Å². The van der Waals surface area contributed by atoms with E-state index in [1.807, 2.05) is 0 Å². The molecule has 1 fully saturated rings. The minimum Gasteiger partial charge on any atom is -0.0776 e. The molecule has 92 valence electrons. The molecule has 0 aliphatic heterocycles. The molecule has 0 nitrogen and oxygen atoms in total. The molecule has 16 heavy (non-hydrogen) atoms. The second kappa shape index (κ2) is 6.08. The summed E-state index contributed by atoms with van der Waals surface area (Å²) in [6, 6.07) is 9.07. The summed E-state index contributed by atoms with van der Waals surface area (Å²) < 4.78 is 0. The van der Waals surface area contributed by atoms with Crippen LogP contribution in [-0.4, -0.2) is 0 Å². The van der Waals surface area contributed by atoms with Crippen molar-refractivity contribution >= 4 is 0 Å². The van der Waals surface area contributed by atoms with E-state index in [2.05, 4.69) is 38.1 Å². The van der Waals surface area contributed by atoms with Gasteiger partial charge in [0.1, 0.15) is 0 Å². The lowest BCUT2D eigenvalue weighted by atomic mass is 9.80.